The van der Waals surface area contributed by atoms with Gasteiger partial charge in [0.2, 0.25) is 0 Å². The maximum absolute atomic E-state index is 12.4. The molecule has 5 heteroatoms. The largest absolute Gasteiger partial charge is 0.508 e. The summed E-state index contributed by atoms with van der Waals surface area (Å²) in [4.78, 5) is 14.2. The number of nitrogens with zero attached hydrogens (tertiary/aromatic N) is 1. The molecule has 0 spiro atoms. The van der Waals surface area contributed by atoms with Crippen LogP contribution >= 0.6 is 0 Å². The molecule has 3 rings (SSSR count). The Bertz CT molecular complexity index is 704. The molecule has 0 aromatic heterocycles. The Balaban J connectivity index is 1.45. The zero-order valence-electron chi connectivity index (χ0n) is 15.1. The van der Waals surface area contributed by atoms with Crippen molar-refractivity contribution in [3.8, 4) is 17.2 Å². The number of piperidine rings is 1. The lowest BCUT2D eigenvalue weighted by Gasteiger charge is -2.32. The third-order valence-corrected chi connectivity index (χ3v) is 4.71. The number of phenols is 1. The van der Waals surface area contributed by atoms with E-state index in [0.29, 0.717) is 18.3 Å². The van der Waals surface area contributed by atoms with Crippen LogP contribution in [0.25, 0.3) is 0 Å². The Kier molecular flexibility index (Phi) is 6.00. The molecule has 2 aromatic carbocycles. The fourth-order valence-electron chi connectivity index (χ4n) is 3.24. The van der Waals surface area contributed by atoms with Crippen molar-refractivity contribution < 1.29 is 19.4 Å². The summed E-state index contributed by atoms with van der Waals surface area (Å²) in [6.07, 6.45) is 1.86. The van der Waals surface area contributed by atoms with Crippen molar-refractivity contribution in [1.82, 2.24) is 4.90 Å². The Morgan fingerprint density at radius 1 is 1.00 bits per heavy atom. The van der Waals surface area contributed by atoms with Gasteiger partial charge in [0, 0.05) is 13.1 Å². The van der Waals surface area contributed by atoms with E-state index < -0.39 is 0 Å². The predicted octanol–water partition coefficient (Wildman–Crippen LogP) is 3.58. The van der Waals surface area contributed by atoms with Crippen LogP contribution in [-0.2, 0) is 4.79 Å². The van der Waals surface area contributed by atoms with Gasteiger partial charge in [-0.15, -0.1) is 0 Å². The molecule has 2 aromatic rings. The van der Waals surface area contributed by atoms with Gasteiger partial charge in [0.15, 0.2) is 6.61 Å². The quantitative estimate of drug-likeness (QED) is 0.860. The SMILES string of the molecule is CCOc1ccc(OCC(=O)N2CCC(c3ccc(O)cc3)CC2)cc1. The van der Waals surface area contributed by atoms with Crippen LogP contribution in [0.2, 0.25) is 0 Å². The maximum atomic E-state index is 12.4. The first-order valence-corrected chi connectivity index (χ1v) is 9.08. The molecule has 1 amide bonds. The number of likely N-dealkylation sites (tertiary alicyclic amines) is 1. The van der Waals surface area contributed by atoms with Crippen LogP contribution < -0.4 is 9.47 Å². The Morgan fingerprint density at radius 2 is 1.58 bits per heavy atom. The molecule has 1 aliphatic rings. The monoisotopic (exact) mass is 355 g/mol. The van der Waals surface area contributed by atoms with Crippen LogP contribution in [-0.4, -0.2) is 42.2 Å². The number of aromatic hydroxyl groups is 1. The summed E-state index contributed by atoms with van der Waals surface area (Å²) in [6, 6.07) is 14.7. The number of rotatable bonds is 6. The van der Waals surface area contributed by atoms with Crippen LogP contribution in [0.1, 0.15) is 31.2 Å². The van der Waals surface area contributed by atoms with Gasteiger partial charge >= 0.3 is 0 Å². The highest BCUT2D eigenvalue weighted by Gasteiger charge is 2.24. The first kappa shape index (κ1) is 18.1. The average Bonchev–Trinajstić information content (AvgIpc) is 2.68. The summed E-state index contributed by atoms with van der Waals surface area (Å²) in [5, 5.41) is 9.39. The first-order valence-electron chi connectivity index (χ1n) is 9.08. The van der Waals surface area contributed by atoms with Gasteiger partial charge in [-0.1, -0.05) is 12.1 Å². The lowest BCUT2D eigenvalue weighted by atomic mass is 9.89. The molecular weight excluding hydrogens is 330 g/mol. The van der Waals surface area contributed by atoms with Crippen molar-refractivity contribution in [3.05, 3.63) is 54.1 Å². The molecule has 0 saturated carbocycles. The van der Waals surface area contributed by atoms with E-state index in [1.165, 1.54) is 5.56 Å². The summed E-state index contributed by atoms with van der Waals surface area (Å²) in [6.45, 7) is 4.08. The molecule has 1 aliphatic heterocycles. The smallest absolute Gasteiger partial charge is 0.260 e. The molecule has 1 N–H and O–H groups in total. The first-order chi connectivity index (χ1) is 12.7. The van der Waals surface area contributed by atoms with E-state index in [0.717, 1.165) is 31.7 Å². The minimum atomic E-state index is 0.0167. The van der Waals surface area contributed by atoms with Gasteiger partial charge in [0.1, 0.15) is 17.2 Å². The Morgan fingerprint density at radius 3 is 2.15 bits per heavy atom. The molecule has 0 bridgehead atoms. The third kappa shape index (κ3) is 4.69. The number of phenolic OH excluding ortho intramolecular Hbond substituents is 1. The van der Waals surface area contributed by atoms with Crippen LogP contribution in [0.4, 0.5) is 0 Å². The summed E-state index contributed by atoms with van der Waals surface area (Å²) in [7, 11) is 0. The van der Waals surface area contributed by atoms with Gasteiger partial charge in [-0.2, -0.15) is 0 Å². The molecule has 1 saturated heterocycles. The van der Waals surface area contributed by atoms with Crippen molar-refractivity contribution in [2.24, 2.45) is 0 Å². The topological polar surface area (TPSA) is 59.0 Å². The Hall–Kier alpha value is -2.69. The highest BCUT2D eigenvalue weighted by Crippen LogP contribution is 2.29. The van der Waals surface area contributed by atoms with E-state index in [1.54, 1.807) is 12.1 Å². The standard InChI is InChI=1S/C21H25NO4/c1-2-25-19-7-9-20(10-8-19)26-15-21(24)22-13-11-17(12-14-22)16-3-5-18(23)6-4-16/h3-10,17,23H,2,11-15H2,1H3. The fraction of sp³-hybridized carbons (Fsp3) is 0.381. The molecular formula is C21H25NO4. The van der Waals surface area contributed by atoms with Crippen molar-refractivity contribution in [1.29, 1.82) is 0 Å². The van der Waals surface area contributed by atoms with E-state index in [2.05, 4.69) is 0 Å². The second-order valence-corrected chi connectivity index (χ2v) is 6.44. The Labute approximate surface area is 154 Å². The number of amides is 1. The van der Waals surface area contributed by atoms with E-state index in [9.17, 15) is 9.90 Å². The summed E-state index contributed by atoms with van der Waals surface area (Å²) in [5.41, 5.74) is 1.22. The number of carbonyl (C=O) groups is 1. The zero-order valence-corrected chi connectivity index (χ0v) is 15.1. The molecule has 0 atom stereocenters. The summed E-state index contributed by atoms with van der Waals surface area (Å²) in [5.74, 6) is 2.20. The average molecular weight is 355 g/mol. The third-order valence-electron chi connectivity index (χ3n) is 4.71. The summed E-state index contributed by atoms with van der Waals surface area (Å²) < 4.78 is 11.0. The lowest BCUT2D eigenvalue weighted by molar-refractivity contribution is -0.134. The van der Waals surface area contributed by atoms with Gasteiger partial charge in [0.05, 0.1) is 6.61 Å². The van der Waals surface area contributed by atoms with Crippen LogP contribution in [0, 0.1) is 0 Å². The van der Waals surface area contributed by atoms with Crippen molar-refractivity contribution >= 4 is 5.91 Å². The maximum Gasteiger partial charge on any atom is 0.260 e. The van der Waals surface area contributed by atoms with E-state index in [4.69, 9.17) is 9.47 Å². The molecule has 5 nitrogen and oxygen atoms in total. The van der Waals surface area contributed by atoms with Crippen LogP contribution in [0.15, 0.2) is 48.5 Å². The number of hydrogen-bond acceptors (Lipinski definition) is 4. The number of carbonyl (C=O) groups excluding carboxylic acids is 1. The van der Waals surface area contributed by atoms with E-state index in [-0.39, 0.29) is 18.3 Å². The van der Waals surface area contributed by atoms with Gasteiger partial charge in [0.25, 0.3) is 5.91 Å². The number of hydrogen-bond donors (Lipinski definition) is 1. The van der Waals surface area contributed by atoms with E-state index >= 15 is 0 Å². The molecule has 1 fully saturated rings. The van der Waals surface area contributed by atoms with Crippen molar-refractivity contribution in [2.45, 2.75) is 25.7 Å². The summed E-state index contributed by atoms with van der Waals surface area (Å²) >= 11 is 0. The minimum Gasteiger partial charge on any atom is -0.508 e. The van der Waals surface area contributed by atoms with Crippen LogP contribution in [0.3, 0.4) is 0 Å². The highest BCUT2D eigenvalue weighted by molar-refractivity contribution is 5.77. The zero-order chi connectivity index (χ0) is 18.4. The van der Waals surface area contributed by atoms with Gasteiger partial charge < -0.3 is 19.5 Å². The second-order valence-electron chi connectivity index (χ2n) is 6.44. The van der Waals surface area contributed by atoms with Gasteiger partial charge in [-0.25, -0.2) is 0 Å². The minimum absolute atomic E-state index is 0.0167. The van der Waals surface area contributed by atoms with Gasteiger partial charge in [-0.3, -0.25) is 4.79 Å². The second kappa shape index (κ2) is 8.61. The normalized spacial score (nSPS) is 14.9. The highest BCUT2D eigenvalue weighted by atomic mass is 16.5. The fourth-order valence-corrected chi connectivity index (χ4v) is 3.24. The predicted molar refractivity (Wildman–Crippen MR) is 99.8 cm³/mol. The lowest BCUT2D eigenvalue weighted by Crippen LogP contribution is -2.40. The van der Waals surface area contributed by atoms with E-state index in [1.807, 2.05) is 48.2 Å². The van der Waals surface area contributed by atoms with Crippen molar-refractivity contribution in [2.75, 3.05) is 26.3 Å². The van der Waals surface area contributed by atoms with Gasteiger partial charge in [-0.05, 0) is 67.6 Å². The molecule has 0 radical (unpaired) electrons. The molecule has 26 heavy (non-hydrogen) atoms. The molecule has 1 heterocycles. The van der Waals surface area contributed by atoms with Crippen LogP contribution in [0.5, 0.6) is 17.2 Å². The molecule has 0 aliphatic carbocycles. The number of ether oxygens (including phenoxy) is 2. The number of benzene rings is 2. The molecule has 138 valence electrons. The van der Waals surface area contributed by atoms with Crippen molar-refractivity contribution in [3.63, 3.8) is 0 Å². The molecule has 0 unspecified atom stereocenters.